The Hall–Kier alpha value is 0.780. The third-order valence-corrected chi connectivity index (χ3v) is 2.23. The van der Waals surface area contributed by atoms with Gasteiger partial charge >= 0.3 is 0 Å². The van der Waals surface area contributed by atoms with E-state index in [9.17, 15) is 0 Å². The minimum atomic E-state index is 0. The highest BCUT2D eigenvalue weighted by Crippen LogP contribution is 2.14. The lowest BCUT2D eigenvalue weighted by molar-refractivity contribution is 0.764. The first-order valence-corrected chi connectivity index (χ1v) is 3.73. The molecule has 0 nitrogen and oxygen atoms in total. The van der Waals surface area contributed by atoms with E-state index in [2.05, 4.69) is 11.8 Å². The van der Waals surface area contributed by atoms with Crippen molar-refractivity contribution in [3.63, 3.8) is 0 Å². The first kappa shape index (κ1) is 7.78. The lowest BCUT2D eigenvalue weighted by atomic mass is 10.3. The second-order valence-electron chi connectivity index (χ2n) is 1.67. The normalized spacial score (nSPS) is 20.6. The van der Waals surface area contributed by atoms with Gasteiger partial charge in [-0.05, 0) is 24.3 Å². The molecule has 7 heavy (non-hydrogen) atoms. The van der Waals surface area contributed by atoms with Crippen molar-refractivity contribution in [2.24, 2.45) is 0 Å². The Bertz CT molecular complexity index is 23.6. The van der Waals surface area contributed by atoms with E-state index in [-0.39, 0.29) is 9.90 Å². The van der Waals surface area contributed by atoms with E-state index < -0.39 is 0 Å². The van der Waals surface area contributed by atoms with E-state index in [4.69, 9.17) is 0 Å². The maximum Gasteiger partial charge on any atom is -0.00675 e. The fourth-order valence-corrected chi connectivity index (χ4v) is 1.71. The molecule has 0 spiro atoms. The van der Waals surface area contributed by atoms with Crippen LogP contribution in [0.3, 0.4) is 0 Å². The van der Waals surface area contributed by atoms with Crippen molar-refractivity contribution >= 4 is 21.7 Å². The van der Waals surface area contributed by atoms with E-state index in [1.807, 2.05) is 0 Å². The molecule has 0 bridgehead atoms. The fraction of sp³-hybridized carbons (Fsp3) is 1.00. The third kappa shape index (κ3) is 3.37. The minimum Gasteiger partial charge on any atom is -0.162 e. The van der Waals surface area contributed by atoms with Crippen molar-refractivity contribution in [2.45, 2.75) is 19.3 Å². The smallest absolute Gasteiger partial charge is 0.00675 e. The molecule has 1 aliphatic rings. The van der Waals surface area contributed by atoms with Gasteiger partial charge in [-0.1, -0.05) is 6.42 Å². The third-order valence-electron chi connectivity index (χ3n) is 1.08. The summed E-state index contributed by atoms with van der Waals surface area (Å²) in [5, 5.41) is 0. The molecule has 0 saturated carbocycles. The van der Waals surface area contributed by atoms with Gasteiger partial charge in [-0.25, -0.2) is 0 Å². The first-order valence-electron chi connectivity index (χ1n) is 2.58. The Morgan fingerprint density at radius 3 is 1.57 bits per heavy atom. The number of hydrogen-bond donors (Lipinski definition) is 0. The molecule has 1 heterocycles. The van der Waals surface area contributed by atoms with Crippen molar-refractivity contribution < 1.29 is 0 Å². The van der Waals surface area contributed by atoms with Gasteiger partial charge in [-0.3, -0.25) is 0 Å². The van der Waals surface area contributed by atoms with Crippen LogP contribution in [-0.2, 0) is 0 Å². The van der Waals surface area contributed by atoms with Crippen molar-refractivity contribution in [3.8, 4) is 0 Å². The van der Waals surface area contributed by atoms with E-state index in [1.54, 1.807) is 0 Å². The van der Waals surface area contributed by atoms with Crippen molar-refractivity contribution in [3.05, 3.63) is 0 Å². The van der Waals surface area contributed by atoms with Crippen molar-refractivity contribution in [1.82, 2.24) is 0 Å². The molecule has 1 saturated heterocycles. The molecule has 2 heteroatoms. The summed E-state index contributed by atoms with van der Waals surface area (Å²) < 4.78 is 0. The Kier molecular flexibility index (Phi) is 5.48. The molecule has 1 atom stereocenters. The average molecular weight is 136 g/mol. The Labute approximate surface area is 53.1 Å². The molecule has 1 aliphatic heterocycles. The predicted octanol–water partition coefficient (Wildman–Crippen LogP) is 1.96. The topological polar surface area (TPSA) is 0 Å². The molecule has 0 aromatic heterocycles. The Morgan fingerprint density at radius 1 is 0.857 bits per heavy atom. The van der Waals surface area contributed by atoms with Crippen LogP contribution in [0.25, 0.3) is 0 Å². The van der Waals surface area contributed by atoms with Crippen LogP contribution in [-0.4, -0.2) is 11.5 Å². The van der Waals surface area contributed by atoms with Crippen LogP contribution in [0.15, 0.2) is 0 Å². The molecule has 0 radical (unpaired) electrons. The first-order chi connectivity index (χ1) is 3.00. The summed E-state index contributed by atoms with van der Waals surface area (Å²) in [5.41, 5.74) is 0. The van der Waals surface area contributed by atoms with Gasteiger partial charge in [0, 0.05) is 0 Å². The standard InChI is InChI=1S/C5H10S.H3P/c1-2-4-6-5-3-1;/h1-5H2;1H3. The van der Waals surface area contributed by atoms with Crippen LogP contribution >= 0.6 is 21.7 Å². The van der Waals surface area contributed by atoms with Gasteiger partial charge in [0.15, 0.2) is 0 Å². The molecule has 1 rings (SSSR count). The summed E-state index contributed by atoms with van der Waals surface area (Å²) >= 11 is 2.09. The van der Waals surface area contributed by atoms with Crippen LogP contribution in [0.5, 0.6) is 0 Å². The zero-order chi connectivity index (χ0) is 4.24. The Morgan fingerprint density at radius 2 is 1.43 bits per heavy atom. The molecule has 1 fully saturated rings. The van der Waals surface area contributed by atoms with Crippen LogP contribution in [0, 0.1) is 0 Å². The van der Waals surface area contributed by atoms with Crippen LogP contribution < -0.4 is 0 Å². The SMILES string of the molecule is C1CCSCC1.P. The fourth-order valence-electron chi connectivity index (χ4n) is 0.687. The van der Waals surface area contributed by atoms with Crippen LogP contribution in [0.1, 0.15) is 19.3 Å². The van der Waals surface area contributed by atoms with Gasteiger partial charge in [0.1, 0.15) is 0 Å². The molecule has 0 aromatic carbocycles. The van der Waals surface area contributed by atoms with Crippen molar-refractivity contribution in [1.29, 1.82) is 0 Å². The van der Waals surface area contributed by atoms with Gasteiger partial charge in [0.2, 0.25) is 0 Å². The Balaban J connectivity index is 0.000000360. The molecular weight excluding hydrogens is 123 g/mol. The van der Waals surface area contributed by atoms with Gasteiger partial charge in [0.25, 0.3) is 0 Å². The van der Waals surface area contributed by atoms with Crippen LogP contribution in [0.4, 0.5) is 0 Å². The van der Waals surface area contributed by atoms with Crippen LogP contribution in [0.2, 0.25) is 0 Å². The summed E-state index contributed by atoms with van der Waals surface area (Å²) in [6.07, 6.45) is 4.41. The van der Waals surface area contributed by atoms with E-state index in [0.29, 0.717) is 0 Å². The lowest BCUT2D eigenvalue weighted by Crippen LogP contribution is -1.91. The second kappa shape index (κ2) is 4.93. The largest absolute Gasteiger partial charge is 0.162 e. The molecule has 0 aromatic rings. The highest BCUT2D eigenvalue weighted by molar-refractivity contribution is 7.99. The minimum absolute atomic E-state index is 0. The van der Waals surface area contributed by atoms with Gasteiger partial charge in [-0.2, -0.15) is 21.7 Å². The maximum atomic E-state index is 2.09. The van der Waals surface area contributed by atoms with Gasteiger partial charge < -0.3 is 0 Å². The summed E-state index contributed by atoms with van der Waals surface area (Å²) in [6.45, 7) is 0. The maximum absolute atomic E-state index is 2.09. The summed E-state index contributed by atoms with van der Waals surface area (Å²) in [5.74, 6) is 2.83. The summed E-state index contributed by atoms with van der Waals surface area (Å²) in [4.78, 5) is 0. The monoisotopic (exact) mass is 136 g/mol. The number of rotatable bonds is 0. The van der Waals surface area contributed by atoms with E-state index in [0.717, 1.165) is 0 Å². The zero-order valence-corrected chi connectivity index (χ0v) is 6.88. The lowest BCUT2D eigenvalue weighted by Gasteiger charge is -2.05. The summed E-state index contributed by atoms with van der Waals surface area (Å²) in [7, 11) is 0. The van der Waals surface area contributed by atoms with Gasteiger partial charge in [0.05, 0.1) is 0 Å². The quantitative estimate of drug-likeness (QED) is 0.459. The zero-order valence-electron chi connectivity index (χ0n) is 4.65. The highest BCUT2D eigenvalue weighted by Gasteiger charge is 1.95. The summed E-state index contributed by atoms with van der Waals surface area (Å²) in [6, 6.07) is 0. The highest BCUT2D eigenvalue weighted by atomic mass is 32.2. The predicted molar refractivity (Wildman–Crippen MR) is 42.3 cm³/mol. The molecule has 0 N–H and O–H groups in total. The van der Waals surface area contributed by atoms with Crippen molar-refractivity contribution in [2.75, 3.05) is 11.5 Å². The second-order valence-corrected chi connectivity index (χ2v) is 2.90. The average Bonchev–Trinajstić information content (AvgIpc) is 1.72. The number of hydrogen-bond acceptors (Lipinski definition) is 1. The molecular formula is C5H13PS. The molecule has 1 unspecified atom stereocenters. The van der Waals surface area contributed by atoms with Gasteiger partial charge in [-0.15, -0.1) is 0 Å². The molecule has 0 aliphatic carbocycles. The molecule has 44 valence electrons. The van der Waals surface area contributed by atoms with E-state index in [1.165, 1.54) is 30.8 Å². The molecule has 0 amide bonds. The number of thioether (sulfide) groups is 1. The van der Waals surface area contributed by atoms with E-state index >= 15 is 0 Å².